The van der Waals surface area contributed by atoms with Crippen molar-refractivity contribution in [1.29, 1.82) is 0 Å². The van der Waals surface area contributed by atoms with Crippen LogP contribution in [0.5, 0.6) is 0 Å². The summed E-state index contributed by atoms with van der Waals surface area (Å²) in [7, 11) is 0. The highest BCUT2D eigenvalue weighted by Gasteiger charge is 2.35. The molecule has 124 valence electrons. The topological polar surface area (TPSA) is 117 Å². The predicted octanol–water partition coefficient (Wildman–Crippen LogP) is -0.121. The Kier molecular flexibility index (Phi) is 3.45. The van der Waals surface area contributed by atoms with Gasteiger partial charge in [-0.25, -0.2) is 4.79 Å². The summed E-state index contributed by atoms with van der Waals surface area (Å²) in [6.07, 6.45) is -0.549. The van der Waals surface area contributed by atoms with Gasteiger partial charge in [-0.05, 0) is 11.5 Å². The lowest BCUT2D eigenvalue weighted by molar-refractivity contribution is -0.0457. The number of benzene rings is 1. The van der Waals surface area contributed by atoms with Gasteiger partial charge in [0.05, 0.1) is 12.7 Å². The molecule has 0 aliphatic carbocycles. The van der Waals surface area contributed by atoms with Crippen LogP contribution in [0.1, 0.15) is 12.6 Å². The van der Waals surface area contributed by atoms with Crippen molar-refractivity contribution in [1.82, 2.24) is 14.5 Å². The number of fused-ring (bicyclic) bond motifs is 3. The number of H-pyrrole nitrogens is 1. The van der Waals surface area contributed by atoms with Crippen LogP contribution in [0.4, 0.5) is 0 Å². The van der Waals surface area contributed by atoms with Crippen LogP contribution in [-0.2, 0) is 4.74 Å². The number of aromatic amines is 1. The van der Waals surface area contributed by atoms with E-state index in [1.807, 2.05) is 0 Å². The highest BCUT2D eigenvalue weighted by atomic mass is 16.5. The molecule has 0 amide bonds. The van der Waals surface area contributed by atoms with Crippen LogP contribution >= 0.6 is 0 Å². The maximum absolute atomic E-state index is 12.3. The number of aliphatic hydroxyl groups excluding tert-OH is 2. The number of nitrogens with zero attached hydrogens (tertiary/aromatic N) is 2. The third kappa shape index (κ3) is 2.23. The quantitative estimate of drug-likeness (QED) is 0.564. The van der Waals surface area contributed by atoms with Gasteiger partial charge in [0.15, 0.2) is 0 Å². The third-order valence-corrected chi connectivity index (χ3v) is 4.34. The van der Waals surface area contributed by atoms with Crippen LogP contribution in [0, 0.1) is 0 Å². The summed E-state index contributed by atoms with van der Waals surface area (Å²) in [5.41, 5.74) is -0.697. The largest absolute Gasteiger partial charge is 0.394 e. The van der Waals surface area contributed by atoms with E-state index in [-0.39, 0.29) is 24.2 Å². The fourth-order valence-corrected chi connectivity index (χ4v) is 3.11. The lowest BCUT2D eigenvalue weighted by atomic mass is 10.1. The minimum Gasteiger partial charge on any atom is -0.394 e. The van der Waals surface area contributed by atoms with Crippen LogP contribution in [0.25, 0.3) is 21.8 Å². The van der Waals surface area contributed by atoms with Gasteiger partial charge in [0.25, 0.3) is 5.56 Å². The van der Waals surface area contributed by atoms with Gasteiger partial charge in [-0.3, -0.25) is 9.36 Å². The average molecular weight is 329 g/mol. The van der Waals surface area contributed by atoms with Crippen LogP contribution in [0.15, 0.2) is 40.1 Å². The molecule has 24 heavy (non-hydrogen) atoms. The van der Waals surface area contributed by atoms with Gasteiger partial charge >= 0.3 is 5.69 Å². The molecule has 1 aliphatic heterocycles. The number of hydrogen-bond donors (Lipinski definition) is 3. The Morgan fingerprint density at radius 1 is 1.25 bits per heavy atom. The molecule has 0 bridgehead atoms. The summed E-state index contributed by atoms with van der Waals surface area (Å²) < 4.78 is 6.81. The summed E-state index contributed by atoms with van der Waals surface area (Å²) in [6, 6.07) is 7.04. The molecule has 1 aliphatic rings. The van der Waals surface area contributed by atoms with Crippen LogP contribution in [0.2, 0.25) is 0 Å². The molecule has 1 aromatic carbocycles. The Morgan fingerprint density at radius 2 is 2.00 bits per heavy atom. The fourth-order valence-electron chi connectivity index (χ4n) is 3.11. The van der Waals surface area contributed by atoms with Crippen molar-refractivity contribution in [3.63, 3.8) is 0 Å². The highest BCUT2D eigenvalue weighted by molar-refractivity contribution is 6.03. The van der Waals surface area contributed by atoms with Crippen molar-refractivity contribution in [2.45, 2.75) is 24.9 Å². The molecule has 4 rings (SSSR count). The smallest absolute Gasteiger partial charge is 0.351 e. The summed E-state index contributed by atoms with van der Waals surface area (Å²) in [5, 5.41) is 20.8. The summed E-state index contributed by atoms with van der Waals surface area (Å²) in [6.45, 7) is -0.330. The van der Waals surface area contributed by atoms with E-state index >= 15 is 0 Å². The van der Waals surface area contributed by atoms with Crippen LogP contribution < -0.4 is 11.2 Å². The number of aromatic nitrogens is 3. The number of nitrogens with one attached hydrogen (secondary N) is 1. The number of ether oxygens (including phenoxy) is 1. The molecule has 8 nitrogen and oxygen atoms in total. The van der Waals surface area contributed by atoms with Crippen LogP contribution in [0.3, 0.4) is 0 Å². The highest BCUT2D eigenvalue weighted by Crippen LogP contribution is 2.28. The van der Waals surface area contributed by atoms with E-state index in [2.05, 4.69) is 9.97 Å². The monoisotopic (exact) mass is 329 g/mol. The SMILES string of the molecule is O=c1[nH]c2nc(=O)n([C@H]3C[C@H](O)[C@@H](CO)O3)cc2c2ccccc12. The zero-order valence-electron chi connectivity index (χ0n) is 12.5. The minimum absolute atomic E-state index is 0.180. The molecule has 0 saturated carbocycles. The Balaban J connectivity index is 1.94. The second-order valence-corrected chi connectivity index (χ2v) is 5.81. The van der Waals surface area contributed by atoms with Gasteiger partial charge in [0.2, 0.25) is 0 Å². The standard InChI is InChI=1S/C16H15N3O5/c20-7-12-11(21)5-13(24-12)19-6-10-8-3-1-2-4-9(8)15(22)17-14(10)18-16(19)23/h1-4,6,11-13,20-21H,5,7H2,(H,17,18,22,23)/t11-,12+,13+/m0/s1. The molecule has 2 aromatic heterocycles. The maximum Gasteiger partial charge on any atom is 0.351 e. The van der Waals surface area contributed by atoms with E-state index < -0.39 is 24.1 Å². The summed E-state index contributed by atoms with van der Waals surface area (Å²) >= 11 is 0. The van der Waals surface area contributed by atoms with Gasteiger partial charge in [-0.2, -0.15) is 4.98 Å². The first-order valence-corrected chi connectivity index (χ1v) is 7.57. The Labute approximate surface area is 135 Å². The van der Waals surface area contributed by atoms with E-state index in [0.717, 1.165) is 0 Å². The van der Waals surface area contributed by atoms with Gasteiger partial charge in [-0.1, -0.05) is 18.2 Å². The third-order valence-electron chi connectivity index (χ3n) is 4.34. The molecular weight excluding hydrogens is 314 g/mol. The Hall–Kier alpha value is -2.55. The molecule has 0 unspecified atom stereocenters. The molecule has 1 fully saturated rings. The first-order chi connectivity index (χ1) is 11.6. The Morgan fingerprint density at radius 3 is 2.71 bits per heavy atom. The maximum atomic E-state index is 12.3. The van der Waals surface area contributed by atoms with Gasteiger partial charge in [0, 0.05) is 23.4 Å². The Bertz CT molecular complexity index is 1040. The molecule has 0 radical (unpaired) electrons. The molecule has 0 spiro atoms. The minimum atomic E-state index is -0.852. The van der Waals surface area contributed by atoms with Crippen molar-refractivity contribution in [2.24, 2.45) is 0 Å². The van der Waals surface area contributed by atoms with Gasteiger partial charge < -0.3 is 19.9 Å². The number of aliphatic hydroxyl groups is 2. The molecule has 3 aromatic rings. The number of pyridine rings is 1. The zero-order chi connectivity index (χ0) is 16.8. The molecule has 3 heterocycles. The summed E-state index contributed by atoms with van der Waals surface area (Å²) in [4.78, 5) is 30.9. The molecule has 3 N–H and O–H groups in total. The summed E-state index contributed by atoms with van der Waals surface area (Å²) in [5.74, 6) is 0. The molecule has 8 heteroatoms. The predicted molar refractivity (Wildman–Crippen MR) is 85.7 cm³/mol. The van der Waals surface area contributed by atoms with E-state index in [4.69, 9.17) is 4.74 Å². The van der Waals surface area contributed by atoms with Crippen molar-refractivity contribution < 1.29 is 14.9 Å². The first kappa shape index (κ1) is 15.0. The number of hydrogen-bond acceptors (Lipinski definition) is 6. The molecule has 1 saturated heterocycles. The van der Waals surface area contributed by atoms with E-state index in [0.29, 0.717) is 16.2 Å². The number of rotatable bonds is 2. The second kappa shape index (κ2) is 5.52. The van der Waals surface area contributed by atoms with Gasteiger partial charge in [-0.15, -0.1) is 0 Å². The zero-order valence-corrected chi connectivity index (χ0v) is 12.5. The van der Waals surface area contributed by atoms with E-state index in [1.165, 1.54) is 4.57 Å². The van der Waals surface area contributed by atoms with E-state index in [9.17, 15) is 19.8 Å². The fraction of sp³-hybridized carbons (Fsp3) is 0.312. The lowest BCUT2D eigenvalue weighted by Gasteiger charge is -2.15. The average Bonchev–Trinajstić information content (AvgIpc) is 2.95. The van der Waals surface area contributed by atoms with Crippen LogP contribution in [-0.4, -0.2) is 43.6 Å². The lowest BCUT2D eigenvalue weighted by Crippen LogP contribution is -2.28. The van der Waals surface area contributed by atoms with Crippen molar-refractivity contribution in [2.75, 3.05) is 6.61 Å². The molecule has 3 atom stereocenters. The van der Waals surface area contributed by atoms with Crippen molar-refractivity contribution >= 4 is 21.8 Å². The second-order valence-electron chi connectivity index (χ2n) is 5.81. The van der Waals surface area contributed by atoms with Gasteiger partial charge in [0.1, 0.15) is 18.0 Å². The first-order valence-electron chi connectivity index (χ1n) is 7.57. The normalized spacial score (nSPS) is 24.0. The van der Waals surface area contributed by atoms with Crippen molar-refractivity contribution in [3.8, 4) is 0 Å². The van der Waals surface area contributed by atoms with E-state index in [1.54, 1.807) is 30.5 Å². The van der Waals surface area contributed by atoms with Crippen molar-refractivity contribution in [3.05, 3.63) is 51.3 Å². The molecular formula is C16H15N3O5.